The lowest BCUT2D eigenvalue weighted by atomic mass is 9.92. The van der Waals surface area contributed by atoms with E-state index in [9.17, 15) is 4.79 Å². The fourth-order valence-electron chi connectivity index (χ4n) is 3.52. The number of amides is 1. The molecule has 1 aliphatic carbocycles. The van der Waals surface area contributed by atoms with Crippen LogP contribution in [-0.4, -0.2) is 35.0 Å². The first-order chi connectivity index (χ1) is 10.3. The molecule has 1 atom stereocenters. The van der Waals surface area contributed by atoms with Gasteiger partial charge in [0.15, 0.2) is 0 Å². The third kappa shape index (κ3) is 3.24. The monoisotopic (exact) mass is 323 g/mol. The predicted molar refractivity (Wildman–Crippen MR) is 89.2 cm³/mol. The number of thioether (sulfide) groups is 1. The minimum atomic E-state index is 0.0244. The maximum atomic E-state index is 13.1. The maximum absolute atomic E-state index is 13.1. The summed E-state index contributed by atoms with van der Waals surface area (Å²) in [5.74, 6) is 1.73. The molecule has 1 aromatic rings. The molecule has 4 heteroatoms. The summed E-state index contributed by atoms with van der Waals surface area (Å²) >= 11 is 7.77. The Morgan fingerprint density at radius 3 is 2.76 bits per heavy atom. The zero-order valence-corrected chi connectivity index (χ0v) is 13.8. The van der Waals surface area contributed by atoms with Crippen molar-refractivity contribution in [2.75, 3.05) is 18.2 Å². The smallest absolute Gasteiger partial charge is 0.231 e. The highest BCUT2D eigenvalue weighted by molar-refractivity contribution is 7.99. The molecule has 114 valence electrons. The fourth-order valence-corrected chi connectivity index (χ4v) is 4.93. The second-order valence-electron chi connectivity index (χ2n) is 5.91. The fraction of sp³-hybridized carbons (Fsp3) is 0.588. The number of nitrogens with zero attached hydrogens (tertiary/aromatic N) is 1. The Hall–Kier alpha value is -0.670. The van der Waals surface area contributed by atoms with E-state index < -0.39 is 0 Å². The minimum absolute atomic E-state index is 0.0244. The van der Waals surface area contributed by atoms with Gasteiger partial charge in [-0.1, -0.05) is 37.5 Å². The Balaban J connectivity index is 1.78. The number of benzene rings is 1. The van der Waals surface area contributed by atoms with Gasteiger partial charge in [-0.15, -0.1) is 23.4 Å². The van der Waals surface area contributed by atoms with Crippen molar-refractivity contribution in [1.29, 1.82) is 0 Å². The Bertz CT molecular complexity index is 501. The van der Waals surface area contributed by atoms with Gasteiger partial charge in [-0.2, -0.15) is 0 Å². The predicted octanol–water partition coefficient (Wildman–Crippen LogP) is 4.28. The Morgan fingerprint density at radius 1 is 1.24 bits per heavy atom. The molecule has 1 aromatic carbocycles. The molecule has 0 N–H and O–H groups in total. The van der Waals surface area contributed by atoms with E-state index in [0.29, 0.717) is 24.4 Å². The van der Waals surface area contributed by atoms with Crippen LogP contribution in [0.1, 0.15) is 43.6 Å². The average Bonchev–Trinajstić information content (AvgIpc) is 2.97. The zero-order valence-electron chi connectivity index (χ0n) is 12.3. The maximum Gasteiger partial charge on any atom is 0.231 e. The number of halogens is 1. The molecule has 1 amide bonds. The first-order valence-corrected chi connectivity index (χ1v) is 9.41. The van der Waals surface area contributed by atoms with E-state index >= 15 is 0 Å². The van der Waals surface area contributed by atoms with Gasteiger partial charge >= 0.3 is 0 Å². The molecular formula is C17H22ClNOS. The molecule has 0 radical (unpaired) electrons. The van der Waals surface area contributed by atoms with Crippen molar-refractivity contribution in [1.82, 2.24) is 4.90 Å². The molecule has 0 spiro atoms. The molecule has 0 bridgehead atoms. The number of hydrogen-bond donors (Lipinski definition) is 0. The van der Waals surface area contributed by atoms with Crippen molar-refractivity contribution < 1.29 is 4.79 Å². The Kier molecular flexibility index (Phi) is 5.12. The third-order valence-corrected chi connectivity index (χ3v) is 5.97. The van der Waals surface area contributed by atoms with Gasteiger partial charge in [0, 0.05) is 29.1 Å². The largest absolute Gasteiger partial charge is 0.338 e. The van der Waals surface area contributed by atoms with E-state index in [1.54, 1.807) is 11.8 Å². The van der Waals surface area contributed by atoms with E-state index in [1.165, 1.54) is 29.7 Å². The summed E-state index contributed by atoms with van der Waals surface area (Å²) < 4.78 is 0. The molecule has 21 heavy (non-hydrogen) atoms. The molecule has 0 aromatic heterocycles. The minimum Gasteiger partial charge on any atom is -0.338 e. The summed E-state index contributed by atoms with van der Waals surface area (Å²) in [6, 6.07) is 8.73. The van der Waals surface area contributed by atoms with Crippen LogP contribution in [0.2, 0.25) is 0 Å². The summed E-state index contributed by atoms with van der Waals surface area (Å²) in [6.07, 6.45) is 6.08. The molecule has 1 heterocycles. The lowest BCUT2D eigenvalue weighted by molar-refractivity contribution is -0.135. The molecule has 1 fully saturated rings. The molecule has 2 aliphatic rings. The summed E-state index contributed by atoms with van der Waals surface area (Å²) in [7, 11) is 0. The van der Waals surface area contributed by atoms with Crippen LogP contribution in [0, 0.1) is 0 Å². The van der Waals surface area contributed by atoms with Gasteiger partial charge < -0.3 is 4.90 Å². The molecular weight excluding hydrogens is 302 g/mol. The van der Waals surface area contributed by atoms with E-state index in [0.717, 1.165) is 18.6 Å². The SMILES string of the molecule is O=C(C1CSc2ccccc21)N(CCCl)C1CCCCC1. The van der Waals surface area contributed by atoms with Crippen molar-refractivity contribution in [2.45, 2.75) is 49.0 Å². The van der Waals surface area contributed by atoms with Gasteiger partial charge in [0.2, 0.25) is 5.91 Å². The van der Waals surface area contributed by atoms with Crippen LogP contribution in [0.3, 0.4) is 0 Å². The summed E-state index contributed by atoms with van der Waals surface area (Å²) in [5.41, 5.74) is 1.21. The van der Waals surface area contributed by atoms with Gasteiger partial charge in [-0.25, -0.2) is 0 Å². The summed E-state index contributed by atoms with van der Waals surface area (Å²) in [5, 5.41) is 0. The number of alkyl halides is 1. The highest BCUT2D eigenvalue weighted by Crippen LogP contribution is 2.41. The van der Waals surface area contributed by atoms with Gasteiger partial charge in [0.1, 0.15) is 0 Å². The highest BCUT2D eigenvalue weighted by atomic mass is 35.5. The highest BCUT2D eigenvalue weighted by Gasteiger charge is 2.35. The number of carbonyl (C=O) groups is 1. The second kappa shape index (κ2) is 7.06. The van der Waals surface area contributed by atoms with Gasteiger partial charge in [0.05, 0.1) is 5.92 Å². The molecule has 1 aliphatic heterocycles. The van der Waals surface area contributed by atoms with Crippen LogP contribution in [0.4, 0.5) is 0 Å². The molecule has 1 saturated carbocycles. The van der Waals surface area contributed by atoms with Crippen LogP contribution in [-0.2, 0) is 4.79 Å². The van der Waals surface area contributed by atoms with Gasteiger partial charge in [-0.05, 0) is 24.5 Å². The van der Waals surface area contributed by atoms with Gasteiger partial charge in [-0.3, -0.25) is 4.79 Å². The second-order valence-corrected chi connectivity index (χ2v) is 7.35. The van der Waals surface area contributed by atoms with Gasteiger partial charge in [0.25, 0.3) is 0 Å². The molecule has 0 saturated heterocycles. The van der Waals surface area contributed by atoms with Crippen LogP contribution in [0.25, 0.3) is 0 Å². The lowest BCUT2D eigenvalue weighted by Gasteiger charge is -2.35. The van der Waals surface area contributed by atoms with Crippen LogP contribution >= 0.6 is 23.4 Å². The van der Waals surface area contributed by atoms with Crippen LogP contribution in [0.15, 0.2) is 29.2 Å². The molecule has 1 unspecified atom stereocenters. The summed E-state index contributed by atoms with van der Waals surface area (Å²) in [4.78, 5) is 16.4. The first-order valence-electron chi connectivity index (χ1n) is 7.89. The third-order valence-electron chi connectivity index (χ3n) is 4.62. The van der Waals surface area contributed by atoms with Crippen molar-refractivity contribution >= 4 is 29.3 Å². The van der Waals surface area contributed by atoms with Crippen LogP contribution in [0.5, 0.6) is 0 Å². The molecule has 2 nitrogen and oxygen atoms in total. The van der Waals surface area contributed by atoms with Crippen LogP contribution < -0.4 is 0 Å². The number of hydrogen-bond acceptors (Lipinski definition) is 2. The summed E-state index contributed by atoms with van der Waals surface area (Å²) in [6.45, 7) is 0.689. The topological polar surface area (TPSA) is 20.3 Å². The van der Waals surface area contributed by atoms with E-state index in [-0.39, 0.29) is 5.92 Å². The number of fused-ring (bicyclic) bond motifs is 1. The van der Waals surface area contributed by atoms with E-state index in [2.05, 4.69) is 23.1 Å². The van der Waals surface area contributed by atoms with E-state index in [1.807, 2.05) is 6.07 Å². The number of rotatable bonds is 4. The first kappa shape index (κ1) is 15.2. The standard InChI is InChI=1S/C17H22ClNOS/c18-10-11-19(13-6-2-1-3-7-13)17(20)15-12-21-16-9-5-4-8-14(15)16/h4-5,8-9,13,15H,1-3,6-7,10-12H2. The Morgan fingerprint density at radius 2 is 2.00 bits per heavy atom. The quantitative estimate of drug-likeness (QED) is 0.771. The van der Waals surface area contributed by atoms with Crippen molar-refractivity contribution in [3.8, 4) is 0 Å². The van der Waals surface area contributed by atoms with E-state index in [4.69, 9.17) is 11.6 Å². The average molecular weight is 324 g/mol. The normalized spacial score (nSPS) is 22.0. The van der Waals surface area contributed by atoms with Crippen molar-refractivity contribution in [2.24, 2.45) is 0 Å². The zero-order chi connectivity index (χ0) is 14.7. The lowest BCUT2D eigenvalue weighted by Crippen LogP contribution is -2.45. The van der Waals surface area contributed by atoms with Crippen molar-refractivity contribution in [3.05, 3.63) is 29.8 Å². The Labute approximate surface area is 136 Å². The number of carbonyl (C=O) groups excluding carboxylic acids is 1. The van der Waals surface area contributed by atoms with Crippen molar-refractivity contribution in [3.63, 3.8) is 0 Å². The molecule has 3 rings (SSSR count).